The van der Waals surface area contributed by atoms with E-state index in [4.69, 9.17) is 21.7 Å². The van der Waals surface area contributed by atoms with E-state index in [1.807, 2.05) is 37.3 Å². The smallest absolute Gasteiger partial charge is 0.186 e. The molecule has 1 aliphatic heterocycles. The summed E-state index contributed by atoms with van der Waals surface area (Å²) in [5.74, 6) is 0. The topological polar surface area (TPSA) is 39.6 Å². The van der Waals surface area contributed by atoms with Crippen LogP contribution >= 0.6 is 22.9 Å². The molecule has 1 aliphatic rings. The van der Waals surface area contributed by atoms with Crippen molar-refractivity contribution in [3.8, 4) is 0 Å². The van der Waals surface area contributed by atoms with Crippen molar-refractivity contribution in [2.45, 2.75) is 32.9 Å². The Morgan fingerprint density at radius 2 is 2.07 bits per heavy atom. The van der Waals surface area contributed by atoms with Gasteiger partial charge in [0.2, 0.25) is 0 Å². The van der Waals surface area contributed by atoms with E-state index in [0.29, 0.717) is 12.1 Å². The highest BCUT2D eigenvalue weighted by atomic mass is 35.5. The Bertz CT molecular complexity index is 892. The zero-order chi connectivity index (χ0) is 20.3. The minimum atomic E-state index is 0.0611. The van der Waals surface area contributed by atoms with Gasteiger partial charge in [-0.05, 0) is 44.5 Å². The van der Waals surface area contributed by atoms with Crippen molar-refractivity contribution in [2.24, 2.45) is 0 Å². The van der Waals surface area contributed by atoms with E-state index < -0.39 is 0 Å². The van der Waals surface area contributed by atoms with Crippen molar-refractivity contribution in [1.82, 2.24) is 9.88 Å². The van der Waals surface area contributed by atoms with Crippen molar-refractivity contribution in [3.63, 3.8) is 0 Å². The van der Waals surface area contributed by atoms with E-state index in [1.54, 1.807) is 11.3 Å². The number of rotatable bonds is 6. The first kappa shape index (κ1) is 21.1. The summed E-state index contributed by atoms with van der Waals surface area (Å²) in [5, 5.41) is 10.9. The van der Waals surface area contributed by atoms with Gasteiger partial charge in [0.15, 0.2) is 5.13 Å². The van der Waals surface area contributed by atoms with Crippen LogP contribution in [-0.4, -0.2) is 53.3 Å². The van der Waals surface area contributed by atoms with Crippen LogP contribution in [0.3, 0.4) is 0 Å². The number of aromatic nitrogens is 1. The number of halogens is 1. The van der Waals surface area contributed by atoms with Gasteiger partial charge in [0.1, 0.15) is 0 Å². The third-order valence-electron chi connectivity index (χ3n) is 5.16. The number of anilines is 1. The quantitative estimate of drug-likeness (QED) is 0.678. The fourth-order valence-electron chi connectivity index (χ4n) is 3.72. The summed E-state index contributed by atoms with van der Waals surface area (Å²) in [6.07, 6.45) is 5.83. The Balaban J connectivity index is 1.74. The van der Waals surface area contributed by atoms with Gasteiger partial charge < -0.3 is 10.0 Å². The fraction of sp³-hybridized carbons (Fsp3) is 0.409. The number of piperazine rings is 1. The number of aliphatic hydroxyl groups excluding tert-OH is 1. The van der Waals surface area contributed by atoms with Crippen LogP contribution in [0.1, 0.15) is 20.8 Å². The number of allylic oxidation sites excluding steroid dienone is 2. The van der Waals surface area contributed by atoms with Crippen LogP contribution in [0.4, 0.5) is 5.13 Å². The van der Waals surface area contributed by atoms with E-state index in [1.165, 1.54) is 5.57 Å². The highest BCUT2D eigenvalue weighted by molar-refractivity contribution is 7.22. The van der Waals surface area contributed by atoms with Crippen LogP contribution in [0.25, 0.3) is 10.2 Å². The van der Waals surface area contributed by atoms with Gasteiger partial charge in [-0.15, -0.1) is 0 Å². The average molecular weight is 418 g/mol. The largest absolute Gasteiger partial charge is 0.392 e. The second kappa shape index (κ2) is 9.23. The van der Waals surface area contributed by atoms with Gasteiger partial charge in [-0.2, -0.15) is 0 Å². The monoisotopic (exact) mass is 417 g/mol. The Kier molecular flexibility index (Phi) is 6.94. The third kappa shape index (κ3) is 4.84. The standard InChI is InChI=1S/C22H28ClN3OS/c1-5-18(10-15(2)8-9-27)14-26-16(3)12-25(13-17(26)4)22-24-20-7-6-19(23)11-21(20)28-22/h5-8,10-11,16-17,27H,1,9,12-14H2,2-4H3/b15-8-,18-10+/t16-,17?/m1/s1. The minimum Gasteiger partial charge on any atom is -0.392 e. The molecule has 1 aromatic carbocycles. The van der Waals surface area contributed by atoms with Crippen molar-refractivity contribution in [2.75, 3.05) is 31.1 Å². The number of aliphatic hydroxyl groups is 1. The molecule has 0 saturated carbocycles. The molecule has 1 fully saturated rings. The first-order chi connectivity index (χ1) is 13.4. The lowest BCUT2D eigenvalue weighted by atomic mass is 10.1. The molecule has 4 nitrogen and oxygen atoms in total. The van der Waals surface area contributed by atoms with Crippen LogP contribution in [0, 0.1) is 0 Å². The molecule has 0 aliphatic carbocycles. The van der Waals surface area contributed by atoms with Gasteiger partial charge in [0.05, 0.1) is 16.8 Å². The maximum absolute atomic E-state index is 9.07. The van der Waals surface area contributed by atoms with Crippen LogP contribution in [0.15, 0.2) is 54.2 Å². The maximum atomic E-state index is 9.07. The summed E-state index contributed by atoms with van der Waals surface area (Å²) >= 11 is 7.83. The number of fused-ring (bicyclic) bond motifs is 1. The SMILES string of the molecule is C=C/C(=C\C(C)=C/CO)CN1C(C)CN(c2nc3ccc(Cl)cc3s2)C[C@H]1C. The molecule has 6 heteroatoms. The van der Waals surface area contributed by atoms with Gasteiger partial charge in [-0.1, -0.05) is 53.3 Å². The van der Waals surface area contributed by atoms with Gasteiger partial charge in [0, 0.05) is 36.7 Å². The van der Waals surface area contributed by atoms with Crippen LogP contribution < -0.4 is 4.90 Å². The Morgan fingerprint density at radius 1 is 1.36 bits per heavy atom. The number of nitrogens with zero attached hydrogens (tertiary/aromatic N) is 3. The van der Waals surface area contributed by atoms with Gasteiger partial charge in [-0.3, -0.25) is 4.90 Å². The second-order valence-corrected chi connectivity index (χ2v) is 8.88. The first-order valence-electron chi connectivity index (χ1n) is 9.58. The molecule has 1 unspecified atom stereocenters. The van der Waals surface area contributed by atoms with Crippen LogP contribution in [0.5, 0.6) is 0 Å². The van der Waals surface area contributed by atoms with Gasteiger partial charge in [0.25, 0.3) is 0 Å². The molecule has 150 valence electrons. The summed E-state index contributed by atoms with van der Waals surface area (Å²) in [6, 6.07) is 6.66. The third-order valence-corrected chi connectivity index (χ3v) is 6.48. The Hall–Kier alpha value is -1.66. The highest BCUT2D eigenvalue weighted by Gasteiger charge is 2.31. The van der Waals surface area contributed by atoms with E-state index in [-0.39, 0.29) is 6.61 Å². The molecule has 3 rings (SSSR count). The van der Waals surface area contributed by atoms with E-state index in [2.05, 4.69) is 36.3 Å². The fourth-order valence-corrected chi connectivity index (χ4v) is 4.98. The molecule has 0 bridgehead atoms. The summed E-state index contributed by atoms with van der Waals surface area (Å²) in [7, 11) is 0. The van der Waals surface area contributed by atoms with Crippen molar-refractivity contribution >= 4 is 38.3 Å². The maximum Gasteiger partial charge on any atom is 0.186 e. The van der Waals surface area contributed by atoms with Crippen molar-refractivity contribution in [1.29, 1.82) is 0 Å². The number of thiazole rings is 1. The molecule has 0 amide bonds. The van der Waals surface area contributed by atoms with E-state index >= 15 is 0 Å². The molecular weight excluding hydrogens is 390 g/mol. The normalized spacial score (nSPS) is 22.1. The lowest BCUT2D eigenvalue weighted by Gasteiger charge is -2.44. The first-order valence-corrected chi connectivity index (χ1v) is 10.8. The second-order valence-electron chi connectivity index (χ2n) is 7.44. The summed E-state index contributed by atoms with van der Waals surface area (Å²) in [6.45, 7) is 13.3. The summed E-state index contributed by atoms with van der Waals surface area (Å²) < 4.78 is 1.13. The summed E-state index contributed by atoms with van der Waals surface area (Å²) in [5.41, 5.74) is 3.24. The zero-order valence-electron chi connectivity index (χ0n) is 16.7. The predicted molar refractivity (Wildman–Crippen MR) is 122 cm³/mol. The van der Waals surface area contributed by atoms with Crippen LogP contribution in [-0.2, 0) is 0 Å². The number of hydrogen-bond acceptors (Lipinski definition) is 5. The van der Waals surface area contributed by atoms with Crippen LogP contribution in [0.2, 0.25) is 5.02 Å². The van der Waals surface area contributed by atoms with Gasteiger partial charge in [-0.25, -0.2) is 4.98 Å². The molecule has 2 atom stereocenters. The molecule has 0 spiro atoms. The number of hydrogen-bond donors (Lipinski definition) is 1. The Labute approximate surface area is 176 Å². The molecule has 1 saturated heterocycles. The minimum absolute atomic E-state index is 0.0611. The molecule has 0 radical (unpaired) electrons. The molecule has 1 aromatic heterocycles. The van der Waals surface area contributed by atoms with Crippen molar-refractivity contribution in [3.05, 3.63) is 59.2 Å². The molecular formula is C22H28ClN3OS. The predicted octanol–water partition coefficient (Wildman–Crippen LogP) is 4.90. The number of benzene rings is 1. The van der Waals surface area contributed by atoms with E-state index in [9.17, 15) is 0 Å². The zero-order valence-corrected chi connectivity index (χ0v) is 18.3. The van der Waals surface area contributed by atoms with Crippen molar-refractivity contribution < 1.29 is 5.11 Å². The van der Waals surface area contributed by atoms with Gasteiger partial charge >= 0.3 is 0 Å². The average Bonchev–Trinajstić information content (AvgIpc) is 3.06. The molecule has 28 heavy (non-hydrogen) atoms. The highest BCUT2D eigenvalue weighted by Crippen LogP contribution is 2.32. The Morgan fingerprint density at radius 3 is 2.71 bits per heavy atom. The molecule has 2 heterocycles. The summed E-state index contributed by atoms with van der Waals surface area (Å²) in [4.78, 5) is 9.72. The van der Waals surface area contributed by atoms with E-state index in [0.717, 1.165) is 45.6 Å². The lowest BCUT2D eigenvalue weighted by molar-refractivity contribution is 0.146. The lowest BCUT2D eigenvalue weighted by Crippen LogP contribution is -2.57. The molecule has 2 aromatic rings. The molecule has 1 N–H and O–H groups in total.